The van der Waals surface area contributed by atoms with Crippen LogP contribution >= 0.6 is 0 Å². The highest BCUT2D eigenvalue weighted by Gasteiger charge is 2.22. The van der Waals surface area contributed by atoms with E-state index in [-0.39, 0.29) is 0 Å². The van der Waals surface area contributed by atoms with Gasteiger partial charge < -0.3 is 14.9 Å². The van der Waals surface area contributed by atoms with E-state index in [4.69, 9.17) is 5.11 Å². The van der Waals surface area contributed by atoms with Crippen molar-refractivity contribution in [2.45, 2.75) is 32.9 Å². The van der Waals surface area contributed by atoms with Crippen LogP contribution in [-0.4, -0.2) is 59.8 Å². The molecule has 0 radical (unpaired) electrons. The average molecular weight is 303 g/mol. The van der Waals surface area contributed by atoms with Crippen LogP contribution in [0.1, 0.15) is 25.0 Å². The third kappa shape index (κ3) is 3.04. The average Bonchev–Trinajstić information content (AvgIpc) is 2.54. The molecular weight excluding hydrogens is 278 g/mol. The van der Waals surface area contributed by atoms with Crippen molar-refractivity contribution in [1.29, 1.82) is 0 Å². The smallest absolute Gasteiger partial charge is 0.407 e. The zero-order valence-electron chi connectivity index (χ0n) is 13.5. The van der Waals surface area contributed by atoms with E-state index in [1.165, 1.54) is 16.2 Å². The summed E-state index contributed by atoms with van der Waals surface area (Å²) in [5.74, 6) is 0. The van der Waals surface area contributed by atoms with Gasteiger partial charge in [-0.15, -0.1) is 0 Å². The third-order valence-electron chi connectivity index (χ3n) is 4.88. The van der Waals surface area contributed by atoms with E-state index in [1.54, 1.807) is 0 Å². The Hall–Kier alpha value is -1.75. The predicted octanol–water partition coefficient (Wildman–Crippen LogP) is 2.25. The first kappa shape index (κ1) is 15.2. The Balaban J connectivity index is 1.69. The lowest BCUT2D eigenvalue weighted by Gasteiger charge is -2.38. The highest BCUT2D eigenvalue weighted by molar-refractivity contribution is 5.66. The maximum absolute atomic E-state index is 11.1. The van der Waals surface area contributed by atoms with Crippen molar-refractivity contribution in [3.63, 3.8) is 0 Å². The molecule has 5 nitrogen and oxygen atoms in total. The Morgan fingerprint density at radius 2 is 1.82 bits per heavy atom. The third-order valence-corrected chi connectivity index (χ3v) is 4.88. The van der Waals surface area contributed by atoms with Gasteiger partial charge >= 0.3 is 6.09 Å². The lowest BCUT2D eigenvalue weighted by atomic mass is 9.99. The van der Waals surface area contributed by atoms with E-state index in [0.717, 1.165) is 38.2 Å². The summed E-state index contributed by atoms with van der Waals surface area (Å²) in [7, 11) is 0. The fourth-order valence-corrected chi connectivity index (χ4v) is 3.40. The molecule has 22 heavy (non-hydrogen) atoms. The summed E-state index contributed by atoms with van der Waals surface area (Å²) in [4.78, 5) is 17.5. The Morgan fingerprint density at radius 3 is 2.45 bits per heavy atom. The molecule has 120 valence electrons. The quantitative estimate of drug-likeness (QED) is 0.910. The molecule has 1 aromatic carbocycles. The van der Waals surface area contributed by atoms with Crippen molar-refractivity contribution >= 4 is 11.8 Å². The number of nitrogens with zero attached hydrogens (tertiary/aromatic N) is 3. The van der Waals surface area contributed by atoms with E-state index in [2.05, 4.69) is 41.8 Å². The fourth-order valence-electron chi connectivity index (χ4n) is 3.40. The Kier molecular flexibility index (Phi) is 4.25. The minimum Gasteiger partial charge on any atom is -0.465 e. The number of fused-ring (bicyclic) bond motifs is 1. The maximum atomic E-state index is 11.1. The summed E-state index contributed by atoms with van der Waals surface area (Å²) in [5, 5.41) is 9.10. The second kappa shape index (κ2) is 6.16. The summed E-state index contributed by atoms with van der Waals surface area (Å²) in [6.45, 7) is 9.99. The molecule has 1 aromatic rings. The summed E-state index contributed by atoms with van der Waals surface area (Å²) >= 11 is 0. The van der Waals surface area contributed by atoms with Gasteiger partial charge in [0.2, 0.25) is 0 Å². The minimum atomic E-state index is -0.820. The number of rotatable bonds is 2. The van der Waals surface area contributed by atoms with Crippen molar-refractivity contribution in [1.82, 2.24) is 9.80 Å². The number of hydrogen-bond donors (Lipinski definition) is 1. The van der Waals surface area contributed by atoms with E-state index < -0.39 is 6.09 Å². The van der Waals surface area contributed by atoms with Crippen LogP contribution in [0.2, 0.25) is 0 Å². The molecule has 5 heteroatoms. The van der Waals surface area contributed by atoms with Gasteiger partial charge in [0.25, 0.3) is 0 Å². The molecule has 0 bridgehead atoms. The van der Waals surface area contributed by atoms with Crippen LogP contribution in [-0.2, 0) is 13.0 Å². The van der Waals surface area contributed by atoms with Crippen molar-refractivity contribution in [2.24, 2.45) is 0 Å². The zero-order valence-corrected chi connectivity index (χ0v) is 13.5. The van der Waals surface area contributed by atoms with Crippen molar-refractivity contribution in [2.75, 3.05) is 37.6 Å². The minimum absolute atomic E-state index is 0.520. The number of amides is 1. The Labute approximate surface area is 132 Å². The number of carboxylic acid groups (broad SMARTS) is 1. The highest BCUT2D eigenvalue weighted by atomic mass is 16.4. The summed E-state index contributed by atoms with van der Waals surface area (Å²) in [6, 6.07) is 7.14. The number of piperazine rings is 1. The lowest BCUT2D eigenvalue weighted by Crippen LogP contribution is -2.49. The molecule has 0 aromatic heterocycles. The van der Waals surface area contributed by atoms with E-state index in [1.807, 2.05) is 0 Å². The fraction of sp³-hybridized carbons (Fsp3) is 0.588. The number of anilines is 1. The largest absolute Gasteiger partial charge is 0.465 e. The van der Waals surface area contributed by atoms with Crippen LogP contribution in [0.5, 0.6) is 0 Å². The molecule has 3 rings (SSSR count). The number of hydrogen-bond acceptors (Lipinski definition) is 3. The first-order chi connectivity index (χ1) is 10.5. The van der Waals surface area contributed by atoms with Gasteiger partial charge in [0, 0.05) is 51.0 Å². The number of benzene rings is 1. The van der Waals surface area contributed by atoms with Gasteiger partial charge in [0.1, 0.15) is 0 Å². The molecule has 2 aliphatic rings. The van der Waals surface area contributed by atoms with E-state index >= 15 is 0 Å². The molecule has 0 unspecified atom stereocenters. The van der Waals surface area contributed by atoms with Gasteiger partial charge in [-0.05, 0) is 43.5 Å². The molecule has 0 atom stereocenters. The van der Waals surface area contributed by atoms with Gasteiger partial charge in [-0.2, -0.15) is 0 Å². The maximum Gasteiger partial charge on any atom is 0.407 e. The van der Waals surface area contributed by atoms with E-state index in [0.29, 0.717) is 19.1 Å². The van der Waals surface area contributed by atoms with Crippen LogP contribution in [0.15, 0.2) is 18.2 Å². The lowest BCUT2D eigenvalue weighted by molar-refractivity contribution is 0.140. The topological polar surface area (TPSA) is 47.0 Å². The first-order valence-electron chi connectivity index (χ1n) is 8.13. The second-order valence-corrected chi connectivity index (χ2v) is 6.52. The molecule has 1 fully saturated rings. The van der Waals surface area contributed by atoms with Crippen molar-refractivity contribution in [3.05, 3.63) is 29.3 Å². The predicted molar refractivity (Wildman–Crippen MR) is 87.5 cm³/mol. The van der Waals surface area contributed by atoms with Crippen LogP contribution in [0.25, 0.3) is 0 Å². The van der Waals surface area contributed by atoms with Crippen LogP contribution < -0.4 is 4.90 Å². The highest BCUT2D eigenvalue weighted by Crippen LogP contribution is 2.25. The monoisotopic (exact) mass is 303 g/mol. The zero-order chi connectivity index (χ0) is 15.7. The Bertz CT molecular complexity index is 551. The summed E-state index contributed by atoms with van der Waals surface area (Å²) in [5.41, 5.74) is 3.74. The van der Waals surface area contributed by atoms with Crippen molar-refractivity contribution < 1.29 is 9.90 Å². The summed E-state index contributed by atoms with van der Waals surface area (Å²) in [6.07, 6.45) is 0.000989. The van der Waals surface area contributed by atoms with Gasteiger partial charge in [-0.1, -0.05) is 6.07 Å². The number of carbonyl (C=O) groups is 1. The molecule has 0 aliphatic carbocycles. The second-order valence-electron chi connectivity index (χ2n) is 6.52. The van der Waals surface area contributed by atoms with Gasteiger partial charge in [-0.25, -0.2) is 4.79 Å². The van der Waals surface area contributed by atoms with Gasteiger partial charge in [0.05, 0.1) is 0 Å². The summed E-state index contributed by atoms with van der Waals surface area (Å²) < 4.78 is 0. The van der Waals surface area contributed by atoms with Gasteiger partial charge in [-0.3, -0.25) is 4.90 Å². The first-order valence-corrected chi connectivity index (χ1v) is 8.13. The normalized spacial score (nSPS) is 19.4. The molecule has 1 amide bonds. The SMILES string of the molecule is CC(C)N1CCN(c2ccc3c(c2)CCN(C(=O)O)C3)CC1. The molecule has 2 heterocycles. The van der Waals surface area contributed by atoms with Gasteiger partial charge in [0.15, 0.2) is 0 Å². The van der Waals surface area contributed by atoms with Crippen LogP contribution in [0, 0.1) is 0 Å². The van der Waals surface area contributed by atoms with Crippen LogP contribution in [0.4, 0.5) is 10.5 Å². The molecule has 1 N–H and O–H groups in total. The molecule has 0 spiro atoms. The molecule has 0 saturated carbocycles. The van der Waals surface area contributed by atoms with Crippen molar-refractivity contribution in [3.8, 4) is 0 Å². The molecule has 1 saturated heterocycles. The van der Waals surface area contributed by atoms with E-state index in [9.17, 15) is 4.79 Å². The van der Waals surface area contributed by atoms with Crippen LogP contribution in [0.3, 0.4) is 0 Å². The standard InChI is InChI=1S/C17H25N3O2/c1-13(2)18-7-9-19(10-8-18)16-4-3-15-12-20(17(21)22)6-5-14(15)11-16/h3-4,11,13H,5-10,12H2,1-2H3,(H,21,22). The molecule has 2 aliphatic heterocycles. The molecular formula is C17H25N3O2. The Morgan fingerprint density at radius 1 is 1.09 bits per heavy atom.